The highest BCUT2D eigenvalue weighted by molar-refractivity contribution is 7.89. The molecule has 0 bridgehead atoms. The van der Waals surface area contributed by atoms with E-state index < -0.39 is 14.9 Å². The summed E-state index contributed by atoms with van der Waals surface area (Å²) in [5, 5.41) is 19.5. The van der Waals surface area contributed by atoms with Crippen molar-refractivity contribution in [3.8, 4) is 11.3 Å². The van der Waals surface area contributed by atoms with Crippen LogP contribution >= 0.6 is 11.6 Å². The van der Waals surface area contributed by atoms with Gasteiger partial charge in [0.1, 0.15) is 5.15 Å². The molecule has 142 valence electrons. The van der Waals surface area contributed by atoms with E-state index in [2.05, 4.69) is 15.2 Å². The Morgan fingerprint density at radius 1 is 1.18 bits per heavy atom. The molecule has 4 rings (SSSR count). The summed E-state index contributed by atoms with van der Waals surface area (Å²) in [5.74, 6) is 0. The zero-order valence-electron chi connectivity index (χ0n) is 14.2. The van der Waals surface area contributed by atoms with E-state index in [4.69, 9.17) is 11.6 Å². The quantitative estimate of drug-likeness (QED) is 0.283. The van der Waals surface area contributed by atoms with Gasteiger partial charge in [0.05, 0.1) is 27.3 Å². The molecule has 0 radical (unpaired) electrons. The summed E-state index contributed by atoms with van der Waals surface area (Å²) in [6, 6.07) is 6.70. The molecular weight excluding hydrogens is 408 g/mol. The fraction of sp³-hybridized carbons (Fsp3) is 0.0625. The van der Waals surface area contributed by atoms with Gasteiger partial charge in [-0.15, -0.1) is 0 Å². The van der Waals surface area contributed by atoms with Crippen LogP contribution in [0.25, 0.3) is 16.9 Å². The minimum atomic E-state index is -4.13. The zero-order valence-corrected chi connectivity index (χ0v) is 15.8. The Kier molecular flexibility index (Phi) is 4.12. The van der Waals surface area contributed by atoms with Crippen LogP contribution in [0, 0.1) is 17.0 Å². The van der Waals surface area contributed by atoms with Crippen molar-refractivity contribution >= 4 is 33.0 Å². The smallest absolute Gasteiger partial charge is 0.258 e. The Labute approximate surface area is 163 Å². The standard InChI is InChI=1S/C16H11ClN6O4S/c1-10-2-3-11(23(24)25)8-14(10)28(26,27)22-7-4-13(20-22)12-9-18-21-6-5-15(17)19-16(12)21/h2-9H,1H3. The summed E-state index contributed by atoms with van der Waals surface area (Å²) in [6.45, 7) is 1.55. The number of benzene rings is 1. The number of fused-ring (bicyclic) bond motifs is 1. The van der Waals surface area contributed by atoms with Gasteiger partial charge in [0, 0.05) is 24.5 Å². The van der Waals surface area contributed by atoms with Crippen molar-refractivity contribution in [2.75, 3.05) is 0 Å². The van der Waals surface area contributed by atoms with Crippen LogP contribution in [-0.2, 0) is 10.0 Å². The molecule has 0 aliphatic heterocycles. The summed E-state index contributed by atoms with van der Waals surface area (Å²) in [4.78, 5) is 14.3. The Morgan fingerprint density at radius 3 is 2.71 bits per heavy atom. The summed E-state index contributed by atoms with van der Waals surface area (Å²) in [7, 11) is -4.13. The lowest BCUT2D eigenvalue weighted by Crippen LogP contribution is -2.15. The van der Waals surface area contributed by atoms with Crippen LogP contribution in [0.1, 0.15) is 5.56 Å². The number of nitro benzene ring substituents is 1. The number of non-ortho nitro benzene ring substituents is 1. The molecular formula is C16H11ClN6O4S. The predicted octanol–water partition coefficient (Wildman–Crippen LogP) is 2.70. The van der Waals surface area contributed by atoms with Crippen molar-refractivity contribution in [1.29, 1.82) is 0 Å². The maximum Gasteiger partial charge on any atom is 0.283 e. The molecule has 12 heteroatoms. The van der Waals surface area contributed by atoms with Crippen molar-refractivity contribution in [2.24, 2.45) is 0 Å². The minimum absolute atomic E-state index is 0.197. The number of hydrogen-bond acceptors (Lipinski definition) is 7. The molecule has 0 N–H and O–H groups in total. The summed E-state index contributed by atoms with van der Waals surface area (Å²) < 4.78 is 28.2. The summed E-state index contributed by atoms with van der Waals surface area (Å²) in [6.07, 6.45) is 4.38. The van der Waals surface area contributed by atoms with Crippen LogP contribution in [0.5, 0.6) is 0 Å². The van der Waals surface area contributed by atoms with Gasteiger partial charge in [-0.25, -0.2) is 9.50 Å². The maximum absolute atomic E-state index is 13.0. The molecule has 0 atom stereocenters. The van der Waals surface area contributed by atoms with Crippen molar-refractivity contribution < 1.29 is 13.3 Å². The topological polar surface area (TPSA) is 125 Å². The molecule has 0 aliphatic carbocycles. The second kappa shape index (κ2) is 6.39. The molecule has 10 nitrogen and oxygen atoms in total. The van der Waals surface area contributed by atoms with Gasteiger partial charge in [0.15, 0.2) is 5.65 Å². The Morgan fingerprint density at radius 2 is 1.96 bits per heavy atom. The largest absolute Gasteiger partial charge is 0.283 e. The van der Waals surface area contributed by atoms with E-state index in [1.807, 2.05) is 0 Å². The van der Waals surface area contributed by atoms with Crippen molar-refractivity contribution in [2.45, 2.75) is 11.8 Å². The third-order valence-electron chi connectivity index (χ3n) is 4.08. The van der Waals surface area contributed by atoms with Crippen LogP contribution in [0.15, 0.2) is 53.8 Å². The molecule has 0 unspecified atom stereocenters. The van der Waals surface area contributed by atoms with Gasteiger partial charge in [-0.3, -0.25) is 10.1 Å². The lowest BCUT2D eigenvalue weighted by molar-refractivity contribution is -0.385. The second-order valence-electron chi connectivity index (χ2n) is 5.86. The Balaban J connectivity index is 1.81. The SMILES string of the molecule is Cc1ccc([N+](=O)[O-])cc1S(=O)(=O)n1ccc(-c2cnn3ccc(Cl)nc23)n1. The van der Waals surface area contributed by atoms with E-state index >= 15 is 0 Å². The molecule has 4 aromatic rings. The van der Waals surface area contributed by atoms with E-state index in [-0.39, 0.29) is 15.7 Å². The monoisotopic (exact) mass is 418 g/mol. The highest BCUT2D eigenvalue weighted by Crippen LogP contribution is 2.26. The van der Waals surface area contributed by atoms with Gasteiger partial charge >= 0.3 is 0 Å². The van der Waals surface area contributed by atoms with Crippen LogP contribution in [0.2, 0.25) is 5.15 Å². The number of aryl methyl sites for hydroxylation is 1. The zero-order chi connectivity index (χ0) is 20.1. The van der Waals surface area contributed by atoms with Gasteiger partial charge in [-0.2, -0.15) is 22.7 Å². The number of nitro groups is 1. The van der Waals surface area contributed by atoms with Crippen LogP contribution in [0.4, 0.5) is 5.69 Å². The van der Waals surface area contributed by atoms with Gasteiger partial charge in [-0.05, 0) is 24.6 Å². The van der Waals surface area contributed by atoms with E-state index in [0.717, 1.165) is 10.2 Å². The van der Waals surface area contributed by atoms with Crippen LogP contribution in [0.3, 0.4) is 0 Å². The first-order chi connectivity index (χ1) is 13.3. The number of aromatic nitrogens is 5. The average molecular weight is 419 g/mol. The molecule has 0 amide bonds. The van der Waals surface area contributed by atoms with E-state index in [0.29, 0.717) is 22.5 Å². The normalized spacial score (nSPS) is 11.8. The lowest BCUT2D eigenvalue weighted by Gasteiger charge is -2.07. The first kappa shape index (κ1) is 18.1. The molecule has 0 saturated heterocycles. The van der Waals surface area contributed by atoms with Gasteiger partial charge in [-0.1, -0.05) is 17.7 Å². The van der Waals surface area contributed by atoms with Crippen LogP contribution in [-0.4, -0.2) is 37.1 Å². The number of halogens is 1. The fourth-order valence-electron chi connectivity index (χ4n) is 2.69. The van der Waals surface area contributed by atoms with Gasteiger partial charge < -0.3 is 0 Å². The molecule has 1 aromatic carbocycles. The van der Waals surface area contributed by atoms with Crippen molar-refractivity contribution in [3.63, 3.8) is 0 Å². The first-order valence-corrected chi connectivity index (χ1v) is 9.66. The highest BCUT2D eigenvalue weighted by atomic mass is 35.5. The molecule has 3 heterocycles. The second-order valence-corrected chi connectivity index (χ2v) is 8.01. The Bertz CT molecular complexity index is 1340. The van der Waals surface area contributed by atoms with Crippen molar-refractivity contribution in [1.82, 2.24) is 23.8 Å². The molecule has 3 aromatic heterocycles. The molecule has 28 heavy (non-hydrogen) atoms. The number of hydrogen-bond donors (Lipinski definition) is 0. The third-order valence-corrected chi connectivity index (χ3v) is 5.99. The van der Waals surface area contributed by atoms with Crippen molar-refractivity contribution in [3.05, 3.63) is 69.8 Å². The fourth-order valence-corrected chi connectivity index (χ4v) is 4.19. The van der Waals surface area contributed by atoms with Gasteiger partial charge in [0.25, 0.3) is 15.7 Å². The Hall–Kier alpha value is -3.31. The molecule has 0 aliphatic rings. The summed E-state index contributed by atoms with van der Waals surface area (Å²) in [5.41, 5.74) is 1.27. The van der Waals surface area contributed by atoms with Gasteiger partial charge in [0.2, 0.25) is 0 Å². The van der Waals surface area contributed by atoms with Crippen LogP contribution < -0.4 is 0 Å². The molecule has 0 spiro atoms. The summed E-state index contributed by atoms with van der Waals surface area (Å²) >= 11 is 5.92. The first-order valence-electron chi connectivity index (χ1n) is 7.84. The number of nitrogens with zero attached hydrogens (tertiary/aromatic N) is 6. The van der Waals surface area contributed by atoms with E-state index in [9.17, 15) is 18.5 Å². The molecule has 0 fully saturated rings. The molecule has 0 saturated carbocycles. The number of rotatable bonds is 4. The predicted molar refractivity (Wildman–Crippen MR) is 99.6 cm³/mol. The average Bonchev–Trinajstić information content (AvgIpc) is 3.28. The lowest BCUT2D eigenvalue weighted by atomic mass is 10.2. The third kappa shape index (κ3) is 2.90. The van der Waals surface area contributed by atoms with E-state index in [1.165, 1.54) is 35.1 Å². The minimum Gasteiger partial charge on any atom is -0.258 e. The highest BCUT2D eigenvalue weighted by Gasteiger charge is 2.24. The van der Waals surface area contributed by atoms with E-state index in [1.54, 1.807) is 19.2 Å². The maximum atomic E-state index is 13.0.